The van der Waals surface area contributed by atoms with Crippen molar-refractivity contribution >= 4 is 27.5 Å². The second kappa shape index (κ2) is 6.01. The van der Waals surface area contributed by atoms with Crippen molar-refractivity contribution < 1.29 is 4.39 Å². The molecule has 0 spiro atoms. The molecule has 0 aromatic heterocycles. The number of benzene rings is 2. The Morgan fingerprint density at radius 1 is 1.26 bits per heavy atom. The molecule has 0 saturated heterocycles. The number of hydrogen-bond donors (Lipinski definition) is 2. The molecule has 0 saturated carbocycles. The van der Waals surface area contributed by atoms with Crippen LogP contribution in [0.2, 0.25) is 5.02 Å². The van der Waals surface area contributed by atoms with Crippen molar-refractivity contribution in [2.45, 2.75) is 13.0 Å². The molecule has 1 atom stereocenters. The van der Waals surface area contributed by atoms with Gasteiger partial charge in [-0.05, 0) is 36.2 Å². The number of hydrogen-bond acceptors (Lipinski definition) is 2. The maximum absolute atomic E-state index is 14.0. The van der Waals surface area contributed by atoms with Crippen molar-refractivity contribution in [3.05, 3.63) is 68.4 Å². The van der Waals surface area contributed by atoms with Gasteiger partial charge in [-0.3, -0.25) is 5.84 Å². The Labute approximate surface area is 124 Å². The molecule has 19 heavy (non-hydrogen) atoms. The number of nitrogens with one attached hydrogen (secondary N) is 1. The Hall–Kier alpha value is -0.940. The van der Waals surface area contributed by atoms with E-state index in [9.17, 15) is 4.39 Å². The average Bonchev–Trinajstić information content (AvgIpc) is 2.39. The van der Waals surface area contributed by atoms with E-state index in [1.807, 2.05) is 25.1 Å². The van der Waals surface area contributed by atoms with E-state index >= 15 is 0 Å². The van der Waals surface area contributed by atoms with E-state index in [-0.39, 0.29) is 5.82 Å². The van der Waals surface area contributed by atoms with Crippen LogP contribution in [-0.2, 0) is 0 Å². The van der Waals surface area contributed by atoms with E-state index in [1.54, 1.807) is 12.1 Å². The molecule has 0 aliphatic heterocycles. The molecule has 0 radical (unpaired) electrons. The fraction of sp³-hybridized carbons (Fsp3) is 0.143. The first-order valence-corrected chi connectivity index (χ1v) is 6.87. The third-order valence-electron chi connectivity index (χ3n) is 2.97. The van der Waals surface area contributed by atoms with Gasteiger partial charge in [0, 0.05) is 15.1 Å². The molecule has 2 aromatic carbocycles. The molecule has 5 heteroatoms. The molecule has 2 rings (SSSR count). The first-order chi connectivity index (χ1) is 9.04. The normalized spacial score (nSPS) is 12.5. The van der Waals surface area contributed by atoms with Crippen molar-refractivity contribution in [3.63, 3.8) is 0 Å². The van der Waals surface area contributed by atoms with Crippen molar-refractivity contribution in [3.8, 4) is 0 Å². The summed E-state index contributed by atoms with van der Waals surface area (Å²) in [6.45, 7) is 1.90. The summed E-state index contributed by atoms with van der Waals surface area (Å²) in [5.74, 6) is 5.25. The van der Waals surface area contributed by atoms with Crippen molar-refractivity contribution in [1.29, 1.82) is 0 Å². The van der Waals surface area contributed by atoms with Gasteiger partial charge >= 0.3 is 0 Å². The zero-order valence-electron chi connectivity index (χ0n) is 10.3. The monoisotopic (exact) mass is 342 g/mol. The Kier molecular flexibility index (Phi) is 4.58. The van der Waals surface area contributed by atoms with Gasteiger partial charge in [0.2, 0.25) is 0 Å². The molecule has 0 aliphatic carbocycles. The molecule has 0 bridgehead atoms. The molecule has 3 N–H and O–H groups in total. The van der Waals surface area contributed by atoms with Crippen LogP contribution in [0.4, 0.5) is 4.39 Å². The van der Waals surface area contributed by atoms with Gasteiger partial charge in [-0.1, -0.05) is 45.7 Å². The van der Waals surface area contributed by atoms with Gasteiger partial charge in [0.25, 0.3) is 0 Å². The topological polar surface area (TPSA) is 38.0 Å². The number of nitrogens with two attached hydrogens (primary N) is 1. The molecule has 1 unspecified atom stereocenters. The van der Waals surface area contributed by atoms with Crippen LogP contribution in [0.5, 0.6) is 0 Å². The largest absolute Gasteiger partial charge is 0.271 e. The van der Waals surface area contributed by atoms with Gasteiger partial charge in [-0.25, -0.2) is 9.82 Å². The van der Waals surface area contributed by atoms with Crippen LogP contribution in [-0.4, -0.2) is 0 Å². The Morgan fingerprint density at radius 2 is 2.00 bits per heavy atom. The van der Waals surface area contributed by atoms with Crippen molar-refractivity contribution in [1.82, 2.24) is 5.43 Å². The van der Waals surface area contributed by atoms with Crippen molar-refractivity contribution in [2.24, 2.45) is 5.84 Å². The summed E-state index contributed by atoms with van der Waals surface area (Å²) in [7, 11) is 0. The summed E-state index contributed by atoms with van der Waals surface area (Å²) < 4.78 is 14.8. The zero-order chi connectivity index (χ0) is 14.0. The predicted molar refractivity (Wildman–Crippen MR) is 79.5 cm³/mol. The lowest BCUT2D eigenvalue weighted by atomic mass is 9.97. The smallest absolute Gasteiger partial charge is 0.128 e. The summed E-state index contributed by atoms with van der Waals surface area (Å²) in [6, 6.07) is 9.84. The lowest BCUT2D eigenvalue weighted by molar-refractivity contribution is 0.559. The van der Waals surface area contributed by atoms with E-state index in [0.717, 1.165) is 15.6 Å². The second-order valence-electron chi connectivity index (χ2n) is 4.24. The van der Waals surface area contributed by atoms with Gasteiger partial charge in [0.05, 0.1) is 6.04 Å². The first-order valence-electron chi connectivity index (χ1n) is 5.70. The van der Waals surface area contributed by atoms with Crippen molar-refractivity contribution in [2.75, 3.05) is 0 Å². The third kappa shape index (κ3) is 2.98. The summed E-state index contributed by atoms with van der Waals surface area (Å²) in [5, 5.41) is 0.588. The molecule has 2 nitrogen and oxygen atoms in total. The minimum Gasteiger partial charge on any atom is -0.271 e. The molecule has 100 valence electrons. The number of halogens is 3. The highest BCUT2D eigenvalue weighted by Gasteiger charge is 2.20. The number of hydrazine groups is 1. The molecular weight excluding hydrogens is 331 g/mol. The summed E-state index contributed by atoms with van der Waals surface area (Å²) in [6.07, 6.45) is 0. The highest BCUT2D eigenvalue weighted by molar-refractivity contribution is 9.10. The molecule has 0 fully saturated rings. The van der Waals surface area contributed by atoms with Crippen LogP contribution in [0.25, 0.3) is 0 Å². The second-order valence-corrected chi connectivity index (χ2v) is 5.54. The number of aryl methyl sites for hydroxylation is 1. The van der Waals surface area contributed by atoms with Gasteiger partial charge in [-0.15, -0.1) is 0 Å². The van der Waals surface area contributed by atoms with E-state index in [2.05, 4.69) is 21.4 Å². The predicted octanol–water partition coefficient (Wildman–Crippen LogP) is 4.10. The SMILES string of the molecule is Cc1cccc(C(NN)c2cc(Br)ccc2F)c1Cl. The van der Waals surface area contributed by atoms with E-state index in [0.29, 0.717) is 10.6 Å². The van der Waals surface area contributed by atoms with Gasteiger partial charge < -0.3 is 0 Å². The maximum atomic E-state index is 14.0. The molecule has 0 aliphatic rings. The average molecular weight is 344 g/mol. The minimum absolute atomic E-state index is 0.330. The highest BCUT2D eigenvalue weighted by Crippen LogP contribution is 2.32. The van der Waals surface area contributed by atoms with Crippen LogP contribution in [0.3, 0.4) is 0 Å². The summed E-state index contributed by atoms with van der Waals surface area (Å²) >= 11 is 9.61. The lowest BCUT2D eigenvalue weighted by Gasteiger charge is -2.20. The minimum atomic E-state index is -0.495. The Balaban J connectivity index is 2.56. The summed E-state index contributed by atoms with van der Waals surface area (Å²) in [4.78, 5) is 0. The van der Waals surface area contributed by atoms with Gasteiger partial charge in [0.15, 0.2) is 0 Å². The first kappa shape index (κ1) is 14.5. The van der Waals surface area contributed by atoms with E-state index in [1.165, 1.54) is 6.07 Å². The van der Waals surface area contributed by atoms with Crippen LogP contribution >= 0.6 is 27.5 Å². The number of rotatable bonds is 3. The van der Waals surface area contributed by atoms with Gasteiger partial charge in [-0.2, -0.15) is 0 Å². The zero-order valence-corrected chi connectivity index (χ0v) is 12.6. The molecular formula is C14H13BrClFN2. The third-order valence-corrected chi connectivity index (χ3v) is 3.98. The Bertz CT molecular complexity index is 602. The fourth-order valence-electron chi connectivity index (χ4n) is 1.98. The lowest BCUT2D eigenvalue weighted by Crippen LogP contribution is -2.29. The molecule has 2 aromatic rings. The van der Waals surface area contributed by atoms with E-state index in [4.69, 9.17) is 17.4 Å². The van der Waals surface area contributed by atoms with Crippen LogP contribution < -0.4 is 11.3 Å². The maximum Gasteiger partial charge on any atom is 0.128 e. The van der Waals surface area contributed by atoms with Crippen LogP contribution in [0.15, 0.2) is 40.9 Å². The molecule has 0 heterocycles. The van der Waals surface area contributed by atoms with E-state index < -0.39 is 6.04 Å². The van der Waals surface area contributed by atoms with Crippen LogP contribution in [0.1, 0.15) is 22.7 Å². The van der Waals surface area contributed by atoms with Gasteiger partial charge in [0.1, 0.15) is 5.82 Å². The summed E-state index contributed by atoms with van der Waals surface area (Å²) in [5.41, 5.74) is 4.75. The fourth-order valence-corrected chi connectivity index (χ4v) is 2.59. The molecule has 0 amide bonds. The quantitative estimate of drug-likeness (QED) is 0.650. The van der Waals surface area contributed by atoms with Crippen LogP contribution in [0, 0.1) is 12.7 Å². The Morgan fingerprint density at radius 3 is 2.68 bits per heavy atom. The highest BCUT2D eigenvalue weighted by atomic mass is 79.9. The standard InChI is InChI=1S/C14H13BrClFN2/c1-8-3-2-4-10(13(8)16)14(19-18)11-7-9(15)5-6-12(11)17/h2-7,14,19H,18H2,1H3.